The summed E-state index contributed by atoms with van der Waals surface area (Å²) in [7, 11) is 0. The van der Waals surface area contributed by atoms with Crippen molar-refractivity contribution in [2.45, 2.75) is 19.8 Å². The minimum absolute atomic E-state index is 0.126. The second-order valence-electron chi connectivity index (χ2n) is 3.97. The van der Waals surface area contributed by atoms with Crippen molar-refractivity contribution in [1.29, 1.82) is 0 Å². The van der Waals surface area contributed by atoms with Crippen molar-refractivity contribution in [3.63, 3.8) is 0 Å². The maximum atomic E-state index is 11.2. The lowest BCUT2D eigenvalue weighted by Crippen LogP contribution is -1.99. The monoisotopic (exact) mass is 264 g/mol. The Balaban J connectivity index is 2.47. The molecule has 0 fully saturated rings. The van der Waals surface area contributed by atoms with E-state index in [1.807, 2.05) is 6.92 Å². The summed E-state index contributed by atoms with van der Waals surface area (Å²) in [5.74, 6) is -0.311. The van der Waals surface area contributed by atoms with Crippen LogP contribution in [0.2, 0.25) is 5.02 Å². The second-order valence-corrected chi connectivity index (χ2v) is 4.41. The van der Waals surface area contributed by atoms with E-state index in [4.69, 9.17) is 16.7 Å². The van der Waals surface area contributed by atoms with Gasteiger partial charge in [0.1, 0.15) is 11.5 Å². The molecule has 4 nitrogen and oxygen atoms in total. The fourth-order valence-electron chi connectivity index (χ4n) is 1.75. The first kappa shape index (κ1) is 12.6. The highest BCUT2D eigenvalue weighted by molar-refractivity contribution is 6.30. The number of aryl methyl sites for hydroxylation is 1. The van der Waals surface area contributed by atoms with Gasteiger partial charge in [0.25, 0.3) is 0 Å². The lowest BCUT2D eigenvalue weighted by atomic mass is 10.1. The predicted octanol–water partition coefficient (Wildman–Crippen LogP) is 3.38. The molecular weight excluding hydrogens is 252 g/mol. The molecule has 5 heteroatoms. The topological polar surface area (TPSA) is 66.0 Å². The van der Waals surface area contributed by atoms with Crippen molar-refractivity contribution in [3.05, 3.63) is 40.8 Å². The average Bonchev–Trinajstić information content (AvgIpc) is 2.75. The number of nitrogens with zero attached hydrogens (tertiary/aromatic N) is 1. The van der Waals surface area contributed by atoms with Gasteiger partial charge in [0, 0.05) is 17.0 Å². The summed E-state index contributed by atoms with van der Waals surface area (Å²) in [6.07, 6.45) is 1.64. The third kappa shape index (κ3) is 2.54. The van der Waals surface area contributed by atoms with Crippen molar-refractivity contribution in [3.8, 4) is 11.3 Å². The smallest absolute Gasteiger partial charge is 0.354 e. The van der Waals surface area contributed by atoms with Gasteiger partial charge in [-0.05, 0) is 18.6 Å². The minimum atomic E-state index is -1.00. The highest BCUT2D eigenvalue weighted by Gasteiger charge is 2.17. The Hall–Kier alpha value is -1.81. The zero-order chi connectivity index (χ0) is 13.1. The van der Waals surface area contributed by atoms with Crippen LogP contribution in [0.1, 0.15) is 29.7 Å². The van der Waals surface area contributed by atoms with E-state index in [0.717, 1.165) is 18.4 Å². The molecule has 0 aliphatic rings. The molecule has 0 atom stereocenters. The van der Waals surface area contributed by atoms with Crippen molar-refractivity contribution in [2.24, 2.45) is 0 Å². The van der Waals surface area contributed by atoms with Crippen molar-refractivity contribution in [2.75, 3.05) is 0 Å². The zero-order valence-electron chi connectivity index (χ0n) is 9.90. The highest BCUT2D eigenvalue weighted by Crippen LogP contribution is 2.23. The van der Waals surface area contributed by atoms with Gasteiger partial charge in [-0.1, -0.05) is 30.7 Å². The summed E-state index contributed by atoms with van der Waals surface area (Å²) >= 11 is 5.81. The molecule has 0 radical (unpaired) electrons. The predicted molar refractivity (Wildman–Crippen MR) is 70.0 cm³/mol. The first-order valence-electron chi connectivity index (χ1n) is 5.70. The van der Waals surface area contributed by atoms with Crippen LogP contribution in [-0.2, 0) is 6.42 Å². The van der Waals surface area contributed by atoms with E-state index >= 15 is 0 Å². The first-order valence-corrected chi connectivity index (χ1v) is 6.07. The average molecular weight is 265 g/mol. The number of imidazole rings is 1. The summed E-state index contributed by atoms with van der Waals surface area (Å²) < 4.78 is 0. The van der Waals surface area contributed by atoms with Crippen LogP contribution < -0.4 is 0 Å². The van der Waals surface area contributed by atoms with Gasteiger partial charge in [-0.3, -0.25) is 0 Å². The molecule has 0 amide bonds. The summed E-state index contributed by atoms with van der Waals surface area (Å²) in [5.41, 5.74) is 1.33. The van der Waals surface area contributed by atoms with Crippen molar-refractivity contribution < 1.29 is 9.90 Å². The molecule has 2 aromatic rings. The lowest BCUT2D eigenvalue weighted by Gasteiger charge is -1.98. The maximum absolute atomic E-state index is 11.2. The molecule has 0 spiro atoms. The van der Waals surface area contributed by atoms with Crippen LogP contribution in [0.15, 0.2) is 24.3 Å². The number of carboxylic acids is 1. The van der Waals surface area contributed by atoms with Gasteiger partial charge >= 0.3 is 5.97 Å². The third-order valence-electron chi connectivity index (χ3n) is 2.57. The summed E-state index contributed by atoms with van der Waals surface area (Å²) in [6, 6.07) is 6.97. The van der Waals surface area contributed by atoms with Gasteiger partial charge in [0.05, 0.1) is 0 Å². The molecule has 2 rings (SSSR count). The molecule has 1 aromatic carbocycles. The number of aromatic nitrogens is 2. The van der Waals surface area contributed by atoms with Gasteiger partial charge in [-0.25, -0.2) is 9.78 Å². The van der Waals surface area contributed by atoms with Gasteiger partial charge in [-0.15, -0.1) is 0 Å². The Bertz CT molecular complexity index is 561. The van der Waals surface area contributed by atoms with Gasteiger partial charge in [0.15, 0.2) is 5.69 Å². The zero-order valence-corrected chi connectivity index (χ0v) is 10.7. The number of carboxylic acid groups (broad SMARTS) is 1. The number of H-pyrrole nitrogens is 1. The number of benzene rings is 1. The van der Waals surface area contributed by atoms with Gasteiger partial charge in [-0.2, -0.15) is 0 Å². The largest absolute Gasteiger partial charge is 0.477 e. The second kappa shape index (κ2) is 5.23. The Morgan fingerprint density at radius 2 is 2.06 bits per heavy atom. The highest BCUT2D eigenvalue weighted by atomic mass is 35.5. The molecule has 1 aromatic heterocycles. The summed E-state index contributed by atoms with van der Waals surface area (Å²) in [5, 5.41) is 9.78. The normalized spacial score (nSPS) is 10.6. The fraction of sp³-hybridized carbons (Fsp3) is 0.231. The lowest BCUT2D eigenvalue weighted by molar-refractivity contribution is 0.0692. The van der Waals surface area contributed by atoms with Crippen LogP contribution in [-0.4, -0.2) is 21.0 Å². The number of aromatic carboxylic acids is 1. The Morgan fingerprint density at radius 1 is 1.39 bits per heavy atom. The fourth-order valence-corrected chi connectivity index (χ4v) is 1.87. The van der Waals surface area contributed by atoms with Gasteiger partial charge < -0.3 is 10.1 Å². The summed E-state index contributed by atoms with van der Waals surface area (Å²) in [6.45, 7) is 2.02. The molecule has 0 saturated heterocycles. The SMILES string of the molecule is CCCc1nc(-c2ccc(Cl)cc2)c(C(=O)O)[nH]1. The van der Waals surface area contributed by atoms with Crippen LogP contribution in [0.5, 0.6) is 0 Å². The van der Waals surface area contributed by atoms with Crippen LogP contribution >= 0.6 is 11.6 Å². The molecule has 0 aliphatic carbocycles. The van der Waals surface area contributed by atoms with Crippen LogP contribution in [0.25, 0.3) is 11.3 Å². The molecular formula is C13H13ClN2O2. The van der Waals surface area contributed by atoms with E-state index in [0.29, 0.717) is 16.5 Å². The van der Waals surface area contributed by atoms with Crippen molar-refractivity contribution >= 4 is 17.6 Å². The number of aromatic amines is 1. The number of hydrogen-bond acceptors (Lipinski definition) is 2. The van der Waals surface area contributed by atoms with E-state index in [1.54, 1.807) is 24.3 Å². The van der Waals surface area contributed by atoms with Crippen LogP contribution in [0.4, 0.5) is 0 Å². The number of hydrogen-bond donors (Lipinski definition) is 2. The molecule has 1 heterocycles. The van der Waals surface area contributed by atoms with E-state index in [1.165, 1.54) is 0 Å². The molecule has 0 bridgehead atoms. The van der Waals surface area contributed by atoms with E-state index in [9.17, 15) is 4.79 Å². The molecule has 0 saturated carbocycles. The van der Waals surface area contributed by atoms with Gasteiger partial charge in [0.2, 0.25) is 0 Å². The quantitative estimate of drug-likeness (QED) is 0.890. The molecule has 94 valence electrons. The number of nitrogens with one attached hydrogen (secondary N) is 1. The van der Waals surface area contributed by atoms with E-state index < -0.39 is 5.97 Å². The first-order chi connectivity index (χ1) is 8.61. The minimum Gasteiger partial charge on any atom is -0.477 e. The van der Waals surface area contributed by atoms with E-state index in [2.05, 4.69) is 9.97 Å². The maximum Gasteiger partial charge on any atom is 0.354 e. The number of halogens is 1. The van der Waals surface area contributed by atoms with Crippen molar-refractivity contribution in [1.82, 2.24) is 9.97 Å². The number of rotatable bonds is 4. The Labute approximate surface area is 110 Å². The van der Waals surface area contributed by atoms with Crippen LogP contribution in [0, 0.1) is 0 Å². The van der Waals surface area contributed by atoms with Crippen LogP contribution in [0.3, 0.4) is 0 Å². The summed E-state index contributed by atoms with van der Waals surface area (Å²) in [4.78, 5) is 18.4. The molecule has 0 unspecified atom stereocenters. The molecule has 2 N–H and O–H groups in total. The Morgan fingerprint density at radius 3 is 2.61 bits per heavy atom. The third-order valence-corrected chi connectivity index (χ3v) is 2.82. The Kier molecular flexibility index (Phi) is 3.67. The molecule has 18 heavy (non-hydrogen) atoms. The van der Waals surface area contributed by atoms with E-state index in [-0.39, 0.29) is 5.69 Å². The molecule has 0 aliphatic heterocycles. The standard InChI is InChI=1S/C13H13ClN2O2/c1-2-3-10-15-11(12(16-10)13(17)18)8-4-6-9(14)7-5-8/h4-7H,2-3H2,1H3,(H,15,16)(H,17,18). The number of carbonyl (C=O) groups is 1.